The smallest absolute Gasteiger partial charge is 0.0428 e. The summed E-state index contributed by atoms with van der Waals surface area (Å²) in [4.78, 5) is 2.27. The third-order valence-electron chi connectivity index (χ3n) is 3.87. The van der Waals surface area contributed by atoms with Gasteiger partial charge < -0.3 is 10.6 Å². The van der Waals surface area contributed by atoms with Crippen molar-refractivity contribution in [2.45, 2.75) is 32.9 Å². The SMILES string of the molecule is CC[C@H](N)c1ccc(N(C)Cc2ccccc2C)cc1. The fraction of sp³-hybridized carbons (Fsp3) is 0.333. The Hall–Kier alpha value is -1.80. The van der Waals surface area contributed by atoms with Crippen molar-refractivity contribution in [3.63, 3.8) is 0 Å². The highest BCUT2D eigenvalue weighted by Crippen LogP contribution is 2.21. The lowest BCUT2D eigenvalue weighted by molar-refractivity contribution is 0.698. The summed E-state index contributed by atoms with van der Waals surface area (Å²) in [6, 6.07) is 17.3. The molecule has 0 aliphatic carbocycles. The third kappa shape index (κ3) is 3.40. The van der Waals surface area contributed by atoms with Crippen molar-refractivity contribution in [3.05, 3.63) is 65.2 Å². The van der Waals surface area contributed by atoms with Crippen molar-refractivity contribution in [3.8, 4) is 0 Å². The highest BCUT2D eigenvalue weighted by Gasteiger charge is 2.06. The van der Waals surface area contributed by atoms with E-state index in [4.69, 9.17) is 5.73 Å². The summed E-state index contributed by atoms with van der Waals surface area (Å²) in [5.74, 6) is 0. The van der Waals surface area contributed by atoms with Crippen LogP contribution in [0.3, 0.4) is 0 Å². The molecule has 0 bridgehead atoms. The first kappa shape index (κ1) is 14.6. The van der Waals surface area contributed by atoms with E-state index in [9.17, 15) is 0 Å². The summed E-state index contributed by atoms with van der Waals surface area (Å²) in [7, 11) is 2.13. The molecule has 0 heterocycles. The fourth-order valence-electron chi connectivity index (χ4n) is 2.35. The summed E-state index contributed by atoms with van der Waals surface area (Å²) in [5.41, 5.74) is 11.2. The second-order valence-corrected chi connectivity index (χ2v) is 5.39. The number of aryl methyl sites for hydroxylation is 1. The largest absolute Gasteiger partial charge is 0.370 e. The minimum Gasteiger partial charge on any atom is -0.370 e. The number of hydrogen-bond donors (Lipinski definition) is 1. The predicted molar refractivity (Wildman–Crippen MR) is 86.9 cm³/mol. The van der Waals surface area contributed by atoms with Gasteiger partial charge in [-0.3, -0.25) is 0 Å². The van der Waals surface area contributed by atoms with Crippen LogP contribution < -0.4 is 10.6 Å². The number of nitrogens with two attached hydrogens (primary N) is 1. The molecule has 2 nitrogen and oxygen atoms in total. The molecule has 0 radical (unpaired) electrons. The normalized spacial score (nSPS) is 12.2. The molecule has 0 saturated carbocycles. The van der Waals surface area contributed by atoms with Crippen molar-refractivity contribution in [2.24, 2.45) is 5.73 Å². The van der Waals surface area contributed by atoms with Crippen LogP contribution in [-0.4, -0.2) is 7.05 Å². The van der Waals surface area contributed by atoms with Gasteiger partial charge in [0.2, 0.25) is 0 Å². The number of anilines is 1. The van der Waals surface area contributed by atoms with Gasteiger partial charge in [-0.1, -0.05) is 43.3 Å². The predicted octanol–water partition coefficient (Wildman–Crippen LogP) is 4.04. The van der Waals surface area contributed by atoms with Crippen LogP contribution in [0.1, 0.15) is 36.1 Å². The number of nitrogens with zero attached hydrogens (tertiary/aromatic N) is 1. The first-order valence-corrected chi connectivity index (χ1v) is 7.23. The van der Waals surface area contributed by atoms with Gasteiger partial charge >= 0.3 is 0 Å². The molecule has 2 aromatic carbocycles. The molecule has 0 aliphatic rings. The number of benzene rings is 2. The van der Waals surface area contributed by atoms with E-state index in [1.54, 1.807) is 0 Å². The van der Waals surface area contributed by atoms with Gasteiger partial charge in [0, 0.05) is 25.3 Å². The minimum atomic E-state index is 0.144. The molecule has 2 rings (SSSR count). The van der Waals surface area contributed by atoms with Crippen LogP contribution in [0.5, 0.6) is 0 Å². The van der Waals surface area contributed by atoms with Gasteiger partial charge in [0.15, 0.2) is 0 Å². The van der Waals surface area contributed by atoms with Gasteiger partial charge in [-0.2, -0.15) is 0 Å². The van der Waals surface area contributed by atoms with E-state index in [2.05, 4.69) is 74.3 Å². The molecule has 2 aromatic rings. The van der Waals surface area contributed by atoms with Crippen LogP contribution in [-0.2, 0) is 6.54 Å². The molecular weight excluding hydrogens is 244 g/mol. The fourth-order valence-corrected chi connectivity index (χ4v) is 2.35. The van der Waals surface area contributed by atoms with E-state index in [1.807, 2.05) is 0 Å². The Bertz CT molecular complexity index is 546. The van der Waals surface area contributed by atoms with Crippen LogP contribution >= 0.6 is 0 Å². The zero-order valence-electron chi connectivity index (χ0n) is 12.6. The Morgan fingerprint density at radius 2 is 1.70 bits per heavy atom. The Balaban J connectivity index is 2.10. The first-order valence-electron chi connectivity index (χ1n) is 7.23. The molecule has 0 spiro atoms. The molecule has 0 amide bonds. The van der Waals surface area contributed by atoms with Crippen LogP contribution in [0.25, 0.3) is 0 Å². The van der Waals surface area contributed by atoms with E-state index >= 15 is 0 Å². The second-order valence-electron chi connectivity index (χ2n) is 5.39. The maximum absolute atomic E-state index is 6.05. The summed E-state index contributed by atoms with van der Waals surface area (Å²) in [6.07, 6.45) is 0.971. The molecule has 0 saturated heterocycles. The van der Waals surface area contributed by atoms with E-state index in [-0.39, 0.29) is 6.04 Å². The van der Waals surface area contributed by atoms with E-state index in [0.29, 0.717) is 0 Å². The van der Waals surface area contributed by atoms with Gasteiger partial charge in [-0.05, 0) is 42.2 Å². The molecule has 106 valence electrons. The van der Waals surface area contributed by atoms with Crippen molar-refractivity contribution in [2.75, 3.05) is 11.9 Å². The molecule has 2 heteroatoms. The van der Waals surface area contributed by atoms with Gasteiger partial charge in [-0.25, -0.2) is 0 Å². The van der Waals surface area contributed by atoms with Crippen molar-refractivity contribution >= 4 is 5.69 Å². The van der Waals surface area contributed by atoms with Crippen molar-refractivity contribution in [1.82, 2.24) is 0 Å². The lowest BCUT2D eigenvalue weighted by atomic mass is 10.0. The van der Waals surface area contributed by atoms with E-state index in [1.165, 1.54) is 22.4 Å². The van der Waals surface area contributed by atoms with Crippen molar-refractivity contribution < 1.29 is 0 Å². The van der Waals surface area contributed by atoms with Crippen LogP contribution in [0.15, 0.2) is 48.5 Å². The Morgan fingerprint density at radius 1 is 1.05 bits per heavy atom. The molecule has 20 heavy (non-hydrogen) atoms. The van der Waals surface area contributed by atoms with Crippen LogP contribution in [0.2, 0.25) is 0 Å². The molecule has 0 aromatic heterocycles. The quantitative estimate of drug-likeness (QED) is 0.886. The summed E-state index contributed by atoms with van der Waals surface area (Å²) >= 11 is 0. The Morgan fingerprint density at radius 3 is 2.30 bits per heavy atom. The van der Waals surface area contributed by atoms with Crippen molar-refractivity contribution in [1.29, 1.82) is 0 Å². The highest BCUT2D eigenvalue weighted by molar-refractivity contribution is 5.48. The van der Waals surface area contributed by atoms with Crippen LogP contribution in [0, 0.1) is 6.92 Å². The lowest BCUT2D eigenvalue weighted by Crippen LogP contribution is -2.17. The average Bonchev–Trinajstić information content (AvgIpc) is 2.49. The highest BCUT2D eigenvalue weighted by atomic mass is 15.1. The molecule has 1 atom stereocenters. The Kier molecular flexibility index (Phi) is 4.80. The maximum atomic E-state index is 6.05. The average molecular weight is 268 g/mol. The van der Waals surface area contributed by atoms with E-state index < -0.39 is 0 Å². The monoisotopic (exact) mass is 268 g/mol. The van der Waals surface area contributed by atoms with Gasteiger partial charge in [0.1, 0.15) is 0 Å². The van der Waals surface area contributed by atoms with Crippen LogP contribution in [0.4, 0.5) is 5.69 Å². The summed E-state index contributed by atoms with van der Waals surface area (Å²) < 4.78 is 0. The summed E-state index contributed by atoms with van der Waals surface area (Å²) in [6.45, 7) is 5.20. The maximum Gasteiger partial charge on any atom is 0.0428 e. The lowest BCUT2D eigenvalue weighted by Gasteiger charge is -2.21. The third-order valence-corrected chi connectivity index (χ3v) is 3.87. The molecule has 0 fully saturated rings. The molecule has 0 aliphatic heterocycles. The zero-order valence-corrected chi connectivity index (χ0v) is 12.6. The van der Waals surface area contributed by atoms with Gasteiger partial charge in [0.05, 0.1) is 0 Å². The number of hydrogen-bond acceptors (Lipinski definition) is 2. The first-order chi connectivity index (χ1) is 9.61. The van der Waals surface area contributed by atoms with E-state index in [0.717, 1.165) is 13.0 Å². The Labute approximate surface area is 122 Å². The molecule has 2 N–H and O–H groups in total. The van der Waals surface area contributed by atoms with Gasteiger partial charge in [-0.15, -0.1) is 0 Å². The second kappa shape index (κ2) is 6.58. The zero-order chi connectivity index (χ0) is 14.5. The minimum absolute atomic E-state index is 0.144. The topological polar surface area (TPSA) is 29.3 Å². The molecular formula is C18H24N2. The molecule has 0 unspecified atom stereocenters. The number of rotatable bonds is 5. The standard InChI is InChI=1S/C18H24N2/c1-4-18(19)15-9-11-17(12-10-15)20(3)13-16-8-6-5-7-14(16)2/h5-12,18H,4,13,19H2,1-3H3/t18-/m0/s1. The summed E-state index contributed by atoms with van der Waals surface area (Å²) in [5, 5.41) is 0. The van der Waals surface area contributed by atoms with Gasteiger partial charge in [0.25, 0.3) is 0 Å².